The van der Waals surface area contributed by atoms with E-state index in [1.165, 1.54) is 0 Å². The zero-order chi connectivity index (χ0) is 17.4. The van der Waals surface area contributed by atoms with Gasteiger partial charge in [0.2, 0.25) is 0 Å². The molecular weight excluding hydrogens is 322 g/mol. The summed E-state index contributed by atoms with van der Waals surface area (Å²) in [5, 5.41) is 18.6. The Morgan fingerprint density at radius 2 is 1.92 bits per heavy atom. The number of hydrogen-bond donors (Lipinski definition) is 0. The quantitative estimate of drug-likeness (QED) is 0.729. The predicted octanol–water partition coefficient (Wildman–Crippen LogP) is 3.78. The lowest BCUT2D eigenvalue weighted by Gasteiger charge is -2.05. The smallest absolute Gasteiger partial charge is 0.101 e. The SMILES string of the molecule is Cc1nn(Cc2cc(C)n(C)n2)c(C)c1-c1ccc(C#N)c(Cl)c1. The third kappa shape index (κ3) is 2.81. The Kier molecular flexibility index (Phi) is 4.16. The van der Waals surface area contributed by atoms with Crippen molar-refractivity contribution in [1.29, 1.82) is 5.26 Å². The summed E-state index contributed by atoms with van der Waals surface area (Å²) in [6.45, 7) is 6.67. The predicted molar refractivity (Wildman–Crippen MR) is 93.9 cm³/mol. The third-order valence-electron chi connectivity index (χ3n) is 4.24. The molecule has 0 saturated heterocycles. The van der Waals surface area contributed by atoms with E-state index in [0.717, 1.165) is 33.9 Å². The van der Waals surface area contributed by atoms with E-state index in [4.69, 9.17) is 16.9 Å². The van der Waals surface area contributed by atoms with Crippen molar-refractivity contribution in [1.82, 2.24) is 19.6 Å². The largest absolute Gasteiger partial charge is 0.273 e. The number of rotatable bonds is 3. The Bertz CT molecular complexity index is 939. The molecular formula is C18H18ClN5. The molecule has 0 bridgehead atoms. The molecule has 0 amide bonds. The Labute approximate surface area is 146 Å². The minimum absolute atomic E-state index is 0.460. The van der Waals surface area contributed by atoms with Crippen molar-refractivity contribution in [2.24, 2.45) is 7.05 Å². The number of aryl methyl sites for hydroxylation is 3. The highest BCUT2D eigenvalue weighted by Crippen LogP contribution is 2.30. The first-order valence-electron chi connectivity index (χ1n) is 7.64. The van der Waals surface area contributed by atoms with Crippen LogP contribution in [0.1, 0.15) is 28.3 Å². The maximum Gasteiger partial charge on any atom is 0.101 e. The zero-order valence-corrected chi connectivity index (χ0v) is 14.9. The molecule has 0 unspecified atom stereocenters. The van der Waals surface area contributed by atoms with Gasteiger partial charge in [0.1, 0.15) is 6.07 Å². The Morgan fingerprint density at radius 3 is 2.50 bits per heavy atom. The number of nitriles is 1. The van der Waals surface area contributed by atoms with Gasteiger partial charge < -0.3 is 0 Å². The fourth-order valence-corrected chi connectivity index (χ4v) is 3.12. The number of hydrogen-bond acceptors (Lipinski definition) is 3. The molecule has 0 spiro atoms. The zero-order valence-electron chi connectivity index (χ0n) is 14.1. The Hall–Kier alpha value is -2.58. The normalized spacial score (nSPS) is 10.8. The van der Waals surface area contributed by atoms with E-state index >= 15 is 0 Å². The van der Waals surface area contributed by atoms with Gasteiger partial charge in [-0.1, -0.05) is 17.7 Å². The van der Waals surface area contributed by atoms with Gasteiger partial charge in [-0.15, -0.1) is 0 Å². The number of halogens is 1. The van der Waals surface area contributed by atoms with Gasteiger partial charge in [0, 0.05) is 24.0 Å². The summed E-state index contributed by atoms with van der Waals surface area (Å²) in [5.41, 5.74) is 6.58. The summed E-state index contributed by atoms with van der Waals surface area (Å²) >= 11 is 6.18. The molecule has 0 aliphatic heterocycles. The van der Waals surface area contributed by atoms with Gasteiger partial charge in [-0.05, 0) is 44.5 Å². The molecule has 0 radical (unpaired) electrons. The van der Waals surface area contributed by atoms with Gasteiger partial charge in [0.05, 0.1) is 28.5 Å². The van der Waals surface area contributed by atoms with Crippen LogP contribution in [-0.4, -0.2) is 19.6 Å². The second kappa shape index (κ2) is 6.14. The van der Waals surface area contributed by atoms with Crippen LogP contribution in [0.25, 0.3) is 11.1 Å². The summed E-state index contributed by atoms with van der Waals surface area (Å²) in [6.07, 6.45) is 0. The van der Waals surface area contributed by atoms with Crippen LogP contribution in [0.15, 0.2) is 24.3 Å². The van der Waals surface area contributed by atoms with E-state index in [0.29, 0.717) is 17.1 Å². The summed E-state index contributed by atoms with van der Waals surface area (Å²) in [6, 6.07) is 9.63. The third-order valence-corrected chi connectivity index (χ3v) is 4.55. The maximum absolute atomic E-state index is 9.02. The van der Waals surface area contributed by atoms with E-state index in [1.54, 1.807) is 6.07 Å². The summed E-state index contributed by atoms with van der Waals surface area (Å²) < 4.78 is 3.82. The first kappa shape index (κ1) is 16.3. The van der Waals surface area contributed by atoms with Gasteiger partial charge in [-0.3, -0.25) is 9.36 Å². The van der Waals surface area contributed by atoms with Crippen molar-refractivity contribution >= 4 is 11.6 Å². The molecule has 0 N–H and O–H groups in total. The average Bonchev–Trinajstić information content (AvgIpc) is 2.98. The average molecular weight is 340 g/mol. The molecule has 3 aromatic rings. The fraction of sp³-hybridized carbons (Fsp3) is 0.278. The molecule has 2 aromatic heterocycles. The number of aromatic nitrogens is 4. The highest BCUT2D eigenvalue weighted by molar-refractivity contribution is 6.32. The Balaban J connectivity index is 2.00. The van der Waals surface area contributed by atoms with Crippen molar-refractivity contribution < 1.29 is 0 Å². The van der Waals surface area contributed by atoms with Gasteiger partial charge in [-0.25, -0.2) is 0 Å². The Morgan fingerprint density at radius 1 is 1.17 bits per heavy atom. The second-order valence-corrected chi connectivity index (χ2v) is 6.32. The van der Waals surface area contributed by atoms with Crippen LogP contribution in [0.3, 0.4) is 0 Å². The van der Waals surface area contributed by atoms with E-state index in [-0.39, 0.29) is 0 Å². The van der Waals surface area contributed by atoms with Crippen LogP contribution in [0.5, 0.6) is 0 Å². The van der Waals surface area contributed by atoms with E-state index in [2.05, 4.69) is 22.3 Å². The van der Waals surface area contributed by atoms with Crippen LogP contribution < -0.4 is 0 Å². The lowest BCUT2D eigenvalue weighted by atomic mass is 10.0. The van der Waals surface area contributed by atoms with Crippen LogP contribution in [-0.2, 0) is 13.6 Å². The molecule has 2 heterocycles. The molecule has 0 fully saturated rings. The highest BCUT2D eigenvalue weighted by Gasteiger charge is 2.15. The van der Waals surface area contributed by atoms with Crippen molar-refractivity contribution in [2.45, 2.75) is 27.3 Å². The number of nitrogens with zero attached hydrogens (tertiary/aromatic N) is 5. The van der Waals surface area contributed by atoms with Crippen molar-refractivity contribution in [3.05, 3.63) is 57.6 Å². The summed E-state index contributed by atoms with van der Waals surface area (Å²) in [5.74, 6) is 0. The van der Waals surface area contributed by atoms with Crippen molar-refractivity contribution in [3.63, 3.8) is 0 Å². The molecule has 5 nitrogen and oxygen atoms in total. The topological polar surface area (TPSA) is 59.4 Å². The molecule has 0 aliphatic rings. The first-order valence-corrected chi connectivity index (χ1v) is 8.02. The van der Waals surface area contributed by atoms with Crippen LogP contribution in [0, 0.1) is 32.1 Å². The minimum Gasteiger partial charge on any atom is -0.273 e. The second-order valence-electron chi connectivity index (χ2n) is 5.91. The minimum atomic E-state index is 0.460. The first-order chi connectivity index (χ1) is 11.4. The molecule has 122 valence electrons. The molecule has 0 atom stereocenters. The summed E-state index contributed by atoms with van der Waals surface area (Å²) in [7, 11) is 1.93. The van der Waals surface area contributed by atoms with E-state index in [9.17, 15) is 0 Å². The maximum atomic E-state index is 9.02. The molecule has 0 aliphatic carbocycles. The van der Waals surface area contributed by atoms with Crippen molar-refractivity contribution in [3.8, 4) is 17.2 Å². The van der Waals surface area contributed by atoms with Crippen LogP contribution >= 0.6 is 11.6 Å². The van der Waals surface area contributed by atoms with Gasteiger partial charge >= 0.3 is 0 Å². The van der Waals surface area contributed by atoms with Gasteiger partial charge in [-0.2, -0.15) is 15.5 Å². The summed E-state index contributed by atoms with van der Waals surface area (Å²) in [4.78, 5) is 0. The lowest BCUT2D eigenvalue weighted by Crippen LogP contribution is -2.05. The molecule has 3 rings (SSSR count). The highest BCUT2D eigenvalue weighted by atomic mass is 35.5. The van der Waals surface area contributed by atoms with E-state index < -0.39 is 0 Å². The standard InChI is InChI=1S/C18H18ClN5/c1-11-7-16(22-23(11)4)10-24-13(3)18(12(2)21-24)14-5-6-15(9-20)17(19)8-14/h5-8H,10H2,1-4H3. The van der Waals surface area contributed by atoms with Crippen molar-refractivity contribution in [2.75, 3.05) is 0 Å². The fourth-order valence-electron chi connectivity index (χ4n) is 2.90. The van der Waals surface area contributed by atoms with Gasteiger partial charge in [0.25, 0.3) is 0 Å². The monoisotopic (exact) mass is 339 g/mol. The van der Waals surface area contributed by atoms with Gasteiger partial charge in [0.15, 0.2) is 0 Å². The molecule has 6 heteroatoms. The number of benzene rings is 1. The van der Waals surface area contributed by atoms with Crippen LogP contribution in [0.4, 0.5) is 0 Å². The lowest BCUT2D eigenvalue weighted by molar-refractivity contribution is 0.628. The molecule has 1 aromatic carbocycles. The molecule has 24 heavy (non-hydrogen) atoms. The van der Waals surface area contributed by atoms with E-state index in [1.807, 2.05) is 49.3 Å². The molecule has 0 saturated carbocycles. The van der Waals surface area contributed by atoms with Crippen LogP contribution in [0.2, 0.25) is 5.02 Å².